The van der Waals surface area contributed by atoms with Gasteiger partial charge in [0, 0.05) is 0 Å². The smallest absolute Gasteiger partial charge is 0.161 e. The summed E-state index contributed by atoms with van der Waals surface area (Å²) in [4.78, 5) is 13.8. The van der Waals surface area contributed by atoms with Gasteiger partial charge in [0.2, 0.25) is 0 Å². The summed E-state index contributed by atoms with van der Waals surface area (Å²) in [5.74, 6) is 0. The Morgan fingerprint density at radius 1 is 1.45 bits per heavy atom. The highest BCUT2D eigenvalue weighted by atomic mass is 16.1. The van der Waals surface area contributed by atoms with Crippen LogP contribution in [-0.2, 0) is 4.79 Å². The van der Waals surface area contributed by atoms with Crippen LogP contribution in [0, 0.1) is 6.92 Å². The van der Waals surface area contributed by atoms with Gasteiger partial charge in [0.15, 0.2) is 6.29 Å². The Labute approximate surface area is 65.6 Å². The van der Waals surface area contributed by atoms with Gasteiger partial charge in [-0.2, -0.15) is 0 Å². The van der Waals surface area contributed by atoms with Gasteiger partial charge in [-0.05, 0) is 24.6 Å². The van der Waals surface area contributed by atoms with Crippen molar-refractivity contribution in [3.63, 3.8) is 0 Å². The maximum Gasteiger partial charge on any atom is 0.161 e. The minimum Gasteiger partial charge on any atom is -0.297 e. The van der Waals surface area contributed by atoms with Crippen LogP contribution in [-0.4, -0.2) is 12.5 Å². The maximum absolute atomic E-state index is 9.91. The third-order valence-corrected chi connectivity index (χ3v) is 1.29. The van der Waals surface area contributed by atoms with Gasteiger partial charge in [-0.1, -0.05) is 12.1 Å². The minimum absolute atomic E-state index is 0.669. The molecule has 0 radical (unpaired) electrons. The Morgan fingerprint density at radius 3 is 2.91 bits per heavy atom. The first-order valence-corrected chi connectivity index (χ1v) is 3.37. The van der Waals surface area contributed by atoms with Crippen molar-refractivity contribution in [3.05, 3.63) is 29.8 Å². The van der Waals surface area contributed by atoms with Crippen LogP contribution in [0.3, 0.4) is 0 Å². The molecule has 2 nitrogen and oxygen atoms in total. The molecule has 0 bridgehead atoms. The zero-order valence-corrected chi connectivity index (χ0v) is 6.32. The molecule has 0 aliphatic rings. The third-order valence-electron chi connectivity index (χ3n) is 1.29. The molecule has 0 amide bonds. The number of hydrogen-bond donors (Lipinski definition) is 0. The number of carbonyl (C=O) groups excluding carboxylic acids is 1. The first-order chi connectivity index (χ1) is 5.33. The molecule has 0 heterocycles. The predicted molar refractivity (Wildman–Crippen MR) is 45.4 cm³/mol. The predicted octanol–water partition coefficient (Wildman–Crippen LogP) is 1.90. The number of aliphatic imine (C=N–C) groups is 1. The Hall–Kier alpha value is -1.44. The van der Waals surface area contributed by atoms with Crippen LogP contribution >= 0.6 is 0 Å². The highest BCUT2D eigenvalue weighted by Gasteiger charge is 1.86. The van der Waals surface area contributed by atoms with Gasteiger partial charge in [0.05, 0.1) is 11.9 Å². The van der Waals surface area contributed by atoms with Crippen LogP contribution in [0.2, 0.25) is 0 Å². The number of rotatable bonds is 2. The lowest BCUT2D eigenvalue weighted by Gasteiger charge is -1.92. The second-order valence-electron chi connectivity index (χ2n) is 2.25. The largest absolute Gasteiger partial charge is 0.297 e. The van der Waals surface area contributed by atoms with Gasteiger partial charge < -0.3 is 0 Å². The lowest BCUT2D eigenvalue weighted by Crippen LogP contribution is -1.73. The van der Waals surface area contributed by atoms with Gasteiger partial charge in [-0.15, -0.1) is 0 Å². The lowest BCUT2D eigenvalue weighted by molar-refractivity contribution is -0.102. The van der Waals surface area contributed by atoms with E-state index in [0.29, 0.717) is 6.29 Å². The molecule has 0 spiro atoms. The second kappa shape index (κ2) is 3.66. The van der Waals surface area contributed by atoms with Crippen molar-refractivity contribution < 1.29 is 4.79 Å². The summed E-state index contributed by atoms with van der Waals surface area (Å²) in [5.41, 5.74) is 1.96. The van der Waals surface area contributed by atoms with Crippen molar-refractivity contribution in [2.24, 2.45) is 4.99 Å². The first kappa shape index (κ1) is 7.66. The summed E-state index contributed by atoms with van der Waals surface area (Å²) in [7, 11) is 0. The summed E-state index contributed by atoms with van der Waals surface area (Å²) < 4.78 is 0. The minimum atomic E-state index is 0.669. The molecule has 0 aliphatic heterocycles. The Morgan fingerprint density at radius 2 is 2.27 bits per heavy atom. The van der Waals surface area contributed by atoms with Gasteiger partial charge in [-0.25, -0.2) is 0 Å². The van der Waals surface area contributed by atoms with E-state index in [2.05, 4.69) is 4.99 Å². The molecule has 1 aromatic rings. The van der Waals surface area contributed by atoms with Crippen LogP contribution < -0.4 is 0 Å². The van der Waals surface area contributed by atoms with E-state index in [1.807, 2.05) is 31.2 Å². The lowest BCUT2D eigenvalue weighted by atomic mass is 10.2. The van der Waals surface area contributed by atoms with Crippen LogP contribution in [0.4, 0.5) is 5.69 Å². The first-order valence-electron chi connectivity index (χ1n) is 3.37. The maximum atomic E-state index is 9.91. The molecule has 1 rings (SSSR count). The van der Waals surface area contributed by atoms with Crippen LogP contribution in [0.1, 0.15) is 5.56 Å². The van der Waals surface area contributed by atoms with Crippen molar-refractivity contribution in [2.75, 3.05) is 0 Å². The van der Waals surface area contributed by atoms with E-state index in [4.69, 9.17) is 0 Å². The normalized spacial score (nSPS) is 10.3. The van der Waals surface area contributed by atoms with Crippen LogP contribution in [0.15, 0.2) is 29.3 Å². The topological polar surface area (TPSA) is 29.4 Å². The molecule has 0 unspecified atom stereocenters. The molecule has 1 aromatic carbocycles. The van der Waals surface area contributed by atoms with E-state index in [-0.39, 0.29) is 0 Å². The van der Waals surface area contributed by atoms with Crippen molar-refractivity contribution in [2.45, 2.75) is 6.92 Å². The van der Waals surface area contributed by atoms with Crippen molar-refractivity contribution in [1.82, 2.24) is 0 Å². The number of benzene rings is 1. The zero-order valence-electron chi connectivity index (χ0n) is 6.32. The number of nitrogens with zero attached hydrogens (tertiary/aromatic N) is 1. The van der Waals surface area contributed by atoms with Crippen LogP contribution in [0.5, 0.6) is 0 Å². The van der Waals surface area contributed by atoms with E-state index in [9.17, 15) is 4.79 Å². The molecule has 0 saturated heterocycles. The molecular formula is C9H9NO. The molecular weight excluding hydrogens is 138 g/mol. The molecule has 56 valence electrons. The zero-order chi connectivity index (χ0) is 8.10. The fourth-order valence-corrected chi connectivity index (χ4v) is 0.825. The Balaban J connectivity index is 2.87. The molecule has 0 fully saturated rings. The van der Waals surface area contributed by atoms with Crippen molar-refractivity contribution in [1.29, 1.82) is 0 Å². The van der Waals surface area contributed by atoms with E-state index < -0.39 is 0 Å². The summed E-state index contributed by atoms with van der Waals surface area (Å²) in [6.07, 6.45) is 1.91. The van der Waals surface area contributed by atoms with Gasteiger partial charge in [-0.3, -0.25) is 9.79 Å². The Bertz CT molecular complexity index is 279. The highest BCUT2D eigenvalue weighted by Crippen LogP contribution is 2.11. The number of carbonyl (C=O) groups is 1. The van der Waals surface area contributed by atoms with Crippen molar-refractivity contribution in [3.8, 4) is 0 Å². The average Bonchev–Trinajstić information content (AvgIpc) is 2.01. The molecule has 11 heavy (non-hydrogen) atoms. The Kier molecular flexibility index (Phi) is 2.55. The standard InChI is InChI=1S/C9H9NO/c1-8-3-2-4-9(7-8)10-5-6-11/h2-7H,1H3. The summed E-state index contributed by atoms with van der Waals surface area (Å²) >= 11 is 0. The summed E-state index contributed by atoms with van der Waals surface area (Å²) in [6, 6.07) is 7.67. The number of aryl methyl sites for hydroxylation is 1. The van der Waals surface area contributed by atoms with Gasteiger partial charge in [0.1, 0.15) is 0 Å². The third kappa shape index (κ3) is 2.34. The number of hydrogen-bond acceptors (Lipinski definition) is 2. The molecule has 0 N–H and O–H groups in total. The van der Waals surface area contributed by atoms with Gasteiger partial charge >= 0.3 is 0 Å². The SMILES string of the molecule is Cc1cccc(N=CC=O)c1. The van der Waals surface area contributed by atoms with E-state index in [1.54, 1.807) is 0 Å². The van der Waals surface area contributed by atoms with Crippen LogP contribution in [0.25, 0.3) is 0 Å². The molecule has 0 atom stereocenters. The van der Waals surface area contributed by atoms with E-state index >= 15 is 0 Å². The molecule has 0 aromatic heterocycles. The fraction of sp³-hybridized carbons (Fsp3) is 0.111. The average molecular weight is 147 g/mol. The summed E-state index contributed by atoms with van der Waals surface area (Å²) in [6.45, 7) is 1.99. The van der Waals surface area contributed by atoms with Gasteiger partial charge in [0.25, 0.3) is 0 Å². The second-order valence-corrected chi connectivity index (χ2v) is 2.25. The summed E-state index contributed by atoms with van der Waals surface area (Å²) in [5, 5.41) is 0. The fourth-order valence-electron chi connectivity index (χ4n) is 0.825. The quantitative estimate of drug-likeness (QED) is 0.464. The monoisotopic (exact) mass is 147 g/mol. The number of aldehydes is 1. The highest BCUT2D eigenvalue weighted by molar-refractivity contribution is 6.13. The van der Waals surface area contributed by atoms with E-state index in [0.717, 1.165) is 11.3 Å². The molecule has 0 aliphatic carbocycles. The molecule has 2 heteroatoms. The van der Waals surface area contributed by atoms with Crippen molar-refractivity contribution >= 4 is 18.2 Å². The van der Waals surface area contributed by atoms with E-state index in [1.165, 1.54) is 6.21 Å². The molecule has 0 saturated carbocycles.